The summed E-state index contributed by atoms with van der Waals surface area (Å²) in [6, 6.07) is 5.94. The highest BCUT2D eigenvalue weighted by molar-refractivity contribution is 7.80. The molecule has 0 aliphatic heterocycles. The van der Waals surface area contributed by atoms with Gasteiger partial charge in [-0.3, -0.25) is 4.68 Å². The number of nitrogens with one attached hydrogen (secondary N) is 2. The molecule has 0 aliphatic carbocycles. The number of rotatable bonds is 9. The molecule has 0 bridgehead atoms. The number of aromatic nitrogens is 2. The van der Waals surface area contributed by atoms with E-state index in [0.29, 0.717) is 5.11 Å². The average Bonchev–Trinajstić information content (AvgIpc) is 3.03. The van der Waals surface area contributed by atoms with E-state index in [1.165, 1.54) is 11.1 Å². The van der Waals surface area contributed by atoms with Crippen molar-refractivity contribution in [1.82, 2.24) is 20.4 Å². The van der Waals surface area contributed by atoms with Gasteiger partial charge in [0.05, 0.1) is 20.4 Å². The summed E-state index contributed by atoms with van der Waals surface area (Å²) in [5.74, 6) is 1.48. The van der Waals surface area contributed by atoms with E-state index in [9.17, 15) is 0 Å². The summed E-state index contributed by atoms with van der Waals surface area (Å²) in [6.45, 7) is 4.51. The minimum Gasteiger partial charge on any atom is -0.493 e. The molecule has 0 atom stereocenters. The molecule has 0 unspecified atom stereocenters. The molecule has 0 saturated carbocycles. The first-order chi connectivity index (χ1) is 12.1. The van der Waals surface area contributed by atoms with Crippen LogP contribution >= 0.6 is 12.2 Å². The molecule has 1 aromatic carbocycles. The maximum absolute atomic E-state index is 5.32. The molecule has 2 N–H and O–H groups in total. The molecule has 2 rings (SSSR count). The lowest BCUT2D eigenvalue weighted by Gasteiger charge is -2.12. The Morgan fingerprint density at radius 2 is 1.92 bits per heavy atom. The van der Waals surface area contributed by atoms with Crippen LogP contribution < -0.4 is 20.1 Å². The highest BCUT2D eigenvalue weighted by Gasteiger charge is 2.04. The van der Waals surface area contributed by atoms with Gasteiger partial charge in [-0.15, -0.1) is 0 Å². The fraction of sp³-hybridized carbons (Fsp3) is 0.444. The number of ether oxygens (including phenoxy) is 2. The Labute approximate surface area is 154 Å². The Morgan fingerprint density at radius 3 is 2.60 bits per heavy atom. The van der Waals surface area contributed by atoms with E-state index < -0.39 is 0 Å². The summed E-state index contributed by atoms with van der Waals surface area (Å²) in [6.07, 6.45) is 5.74. The topological polar surface area (TPSA) is 60.3 Å². The molecule has 1 heterocycles. The second-order valence-corrected chi connectivity index (χ2v) is 6.16. The van der Waals surface area contributed by atoms with Crippen LogP contribution in [0.15, 0.2) is 30.6 Å². The Kier molecular flexibility index (Phi) is 7.53. The number of nitrogens with zero attached hydrogens (tertiary/aromatic N) is 2. The Balaban J connectivity index is 1.63. The van der Waals surface area contributed by atoms with Crippen molar-refractivity contribution in [3.05, 3.63) is 41.7 Å². The van der Waals surface area contributed by atoms with Crippen LogP contribution in [0.25, 0.3) is 0 Å². The minimum absolute atomic E-state index is 0.678. The lowest BCUT2D eigenvalue weighted by atomic mass is 10.1. The fourth-order valence-electron chi connectivity index (χ4n) is 2.45. The Morgan fingerprint density at radius 1 is 1.16 bits per heavy atom. The van der Waals surface area contributed by atoms with Gasteiger partial charge in [0.1, 0.15) is 0 Å². The van der Waals surface area contributed by atoms with Crippen LogP contribution in [0.4, 0.5) is 0 Å². The van der Waals surface area contributed by atoms with E-state index in [-0.39, 0.29) is 0 Å². The van der Waals surface area contributed by atoms with Crippen LogP contribution in [0, 0.1) is 6.92 Å². The zero-order chi connectivity index (χ0) is 18.1. The number of thiocarbonyl (C=S) groups is 1. The van der Waals surface area contributed by atoms with Crippen molar-refractivity contribution in [2.45, 2.75) is 26.3 Å². The second-order valence-electron chi connectivity index (χ2n) is 5.76. The minimum atomic E-state index is 0.678. The van der Waals surface area contributed by atoms with Gasteiger partial charge in [-0.25, -0.2) is 0 Å². The van der Waals surface area contributed by atoms with Crippen molar-refractivity contribution in [3.63, 3.8) is 0 Å². The first-order valence-electron chi connectivity index (χ1n) is 8.34. The van der Waals surface area contributed by atoms with Gasteiger partial charge in [0, 0.05) is 25.8 Å². The third-order valence-electron chi connectivity index (χ3n) is 3.76. The smallest absolute Gasteiger partial charge is 0.166 e. The van der Waals surface area contributed by atoms with E-state index in [1.54, 1.807) is 14.2 Å². The molecule has 25 heavy (non-hydrogen) atoms. The number of aryl methyl sites for hydroxylation is 2. The quantitative estimate of drug-likeness (QED) is 0.527. The average molecular weight is 362 g/mol. The molecule has 6 nitrogen and oxygen atoms in total. The summed E-state index contributed by atoms with van der Waals surface area (Å²) in [5, 5.41) is 11.4. The standard InChI is InChI=1S/C18H26N4O2S/c1-14-12-21-22(13-14)10-4-8-19-18(25)20-9-7-15-5-6-16(23-2)17(11-15)24-3/h5-6,11-13H,4,7-10H2,1-3H3,(H2,19,20,25). The largest absolute Gasteiger partial charge is 0.493 e. The number of hydrogen-bond donors (Lipinski definition) is 2. The zero-order valence-electron chi connectivity index (χ0n) is 15.0. The van der Waals surface area contributed by atoms with Gasteiger partial charge in [0.25, 0.3) is 0 Å². The van der Waals surface area contributed by atoms with Gasteiger partial charge < -0.3 is 20.1 Å². The van der Waals surface area contributed by atoms with Gasteiger partial charge in [0.15, 0.2) is 16.6 Å². The Bertz CT molecular complexity index is 687. The maximum atomic E-state index is 5.32. The number of methoxy groups -OCH3 is 2. The van der Waals surface area contributed by atoms with Crippen LogP contribution in [-0.2, 0) is 13.0 Å². The van der Waals surface area contributed by atoms with Crippen LogP contribution in [-0.4, -0.2) is 42.2 Å². The summed E-state index contributed by atoms with van der Waals surface area (Å²) in [7, 11) is 3.28. The van der Waals surface area contributed by atoms with Crippen molar-refractivity contribution >= 4 is 17.3 Å². The first-order valence-corrected chi connectivity index (χ1v) is 8.75. The van der Waals surface area contributed by atoms with Crippen molar-refractivity contribution in [1.29, 1.82) is 0 Å². The molecule has 0 spiro atoms. The van der Waals surface area contributed by atoms with Crippen molar-refractivity contribution in [2.75, 3.05) is 27.3 Å². The highest BCUT2D eigenvalue weighted by Crippen LogP contribution is 2.27. The summed E-state index contributed by atoms with van der Waals surface area (Å²) in [5.41, 5.74) is 2.35. The molecular formula is C18H26N4O2S. The molecule has 1 aromatic heterocycles. The normalized spacial score (nSPS) is 10.4. The highest BCUT2D eigenvalue weighted by atomic mass is 32.1. The van der Waals surface area contributed by atoms with E-state index in [1.807, 2.05) is 42.2 Å². The lowest BCUT2D eigenvalue weighted by molar-refractivity contribution is 0.354. The molecule has 2 aromatic rings. The van der Waals surface area contributed by atoms with E-state index in [4.69, 9.17) is 21.7 Å². The van der Waals surface area contributed by atoms with Gasteiger partial charge in [0.2, 0.25) is 0 Å². The molecule has 0 aliphatic rings. The lowest BCUT2D eigenvalue weighted by Crippen LogP contribution is -2.37. The summed E-state index contributed by atoms with van der Waals surface area (Å²) < 4.78 is 12.5. The van der Waals surface area contributed by atoms with Gasteiger partial charge >= 0.3 is 0 Å². The third kappa shape index (κ3) is 6.26. The van der Waals surface area contributed by atoms with Crippen molar-refractivity contribution in [3.8, 4) is 11.5 Å². The third-order valence-corrected chi connectivity index (χ3v) is 4.05. The molecule has 0 fully saturated rings. The predicted octanol–water partition coefficient (Wildman–Crippen LogP) is 2.31. The van der Waals surface area contributed by atoms with Gasteiger partial charge in [-0.1, -0.05) is 6.07 Å². The Hall–Kier alpha value is -2.28. The zero-order valence-corrected chi connectivity index (χ0v) is 15.9. The first kappa shape index (κ1) is 19.1. The number of hydrogen-bond acceptors (Lipinski definition) is 4. The number of benzene rings is 1. The van der Waals surface area contributed by atoms with Crippen LogP contribution in [0.3, 0.4) is 0 Å². The fourth-order valence-corrected chi connectivity index (χ4v) is 2.66. The van der Waals surface area contributed by atoms with Gasteiger partial charge in [-0.2, -0.15) is 5.10 Å². The predicted molar refractivity (Wildman–Crippen MR) is 103 cm³/mol. The second kappa shape index (κ2) is 9.88. The van der Waals surface area contributed by atoms with E-state index in [2.05, 4.69) is 15.7 Å². The van der Waals surface area contributed by atoms with Crippen molar-refractivity contribution in [2.24, 2.45) is 0 Å². The van der Waals surface area contributed by atoms with Crippen LogP contribution in [0.5, 0.6) is 11.5 Å². The van der Waals surface area contributed by atoms with Gasteiger partial charge in [-0.05, 0) is 55.2 Å². The summed E-state index contributed by atoms with van der Waals surface area (Å²) >= 11 is 5.30. The molecule has 7 heteroatoms. The summed E-state index contributed by atoms with van der Waals surface area (Å²) in [4.78, 5) is 0. The van der Waals surface area contributed by atoms with Crippen molar-refractivity contribution < 1.29 is 9.47 Å². The van der Waals surface area contributed by atoms with E-state index in [0.717, 1.165) is 44.0 Å². The monoisotopic (exact) mass is 362 g/mol. The maximum Gasteiger partial charge on any atom is 0.166 e. The van der Waals surface area contributed by atoms with E-state index >= 15 is 0 Å². The SMILES string of the molecule is COc1ccc(CCNC(=S)NCCCn2cc(C)cn2)cc1OC. The molecule has 136 valence electrons. The molecular weight excluding hydrogens is 336 g/mol. The molecule has 0 amide bonds. The van der Waals surface area contributed by atoms with Crippen LogP contribution in [0.2, 0.25) is 0 Å². The molecule has 0 radical (unpaired) electrons. The van der Waals surface area contributed by atoms with Crippen LogP contribution in [0.1, 0.15) is 17.5 Å². The molecule has 0 saturated heterocycles.